The molecule has 0 radical (unpaired) electrons. The molecule has 0 saturated carbocycles. The van der Waals surface area contributed by atoms with E-state index in [9.17, 15) is 0 Å². The van der Waals surface area contributed by atoms with Gasteiger partial charge in [0.15, 0.2) is 0 Å². The third-order valence-electron chi connectivity index (χ3n) is 3.01. The second kappa shape index (κ2) is 3.73. The zero-order valence-corrected chi connectivity index (χ0v) is 7.75. The molecule has 12 heavy (non-hydrogen) atoms. The number of likely N-dealkylation sites (N-methyl/N-ethyl adjacent to an activating group) is 1. The van der Waals surface area contributed by atoms with Gasteiger partial charge in [0, 0.05) is 26.3 Å². The van der Waals surface area contributed by atoms with Crippen molar-refractivity contribution < 1.29 is 4.74 Å². The molecule has 2 heterocycles. The predicted octanol–water partition coefficient (Wildman–Crippen LogP) is 0.274. The lowest BCUT2D eigenvalue weighted by atomic mass is 9.96. The molecule has 2 aliphatic rings. The summed E-state index contributed by atoms with van der Waals surface area (Å²) in [6.07, 6.45) is 3.07. The zero-order valence-electron chi connectivity index (χ0n) is 7.75. The predicted molar refractivity (Wildman–Crippen MR) is 48.0 cm³/mol. The van der Waals surface area contributed by atoms with Crippen LogP contribution >= 0.6 is 0 Å². The van der Waals surface area contributed by atoms with Crippen LogP contribution in [0.15, 0.2) is 0 Å². The molecule has 0 aromatic rings. The van der Waals surface area contributed by atoms with Crippen molar-refractivity contribution in [3.05, 3.63) is 0 Å². The van der Waals surface area contributed by atoms with Gasteiger partial charge in [-0.05, 0) is 25.8 Å². The molecule has 0 aromatic heterocycles. The Labute approximate surface area is 74.1 Å². The van der Waals surface area contributed by atoms with Gasteiger partial charge in [-0.3, -0.25) is 4.90 Å². The largest absolute Gasteiger partial charge is 0.381 e. The lowest BCUT2D eigenvalue weighted by molar-refractivity contribution is 0.0364. The van der Waals surface area contributed by atoms with Gasteiger partial charge in [-0.2, -0.15) is 0 Å². The Morgan fingerprint density at radius 1 is 1.33 bits per heavy atom. The highest BCUT2D eigenvalue weighted by molar-refractivity contribution is 4.82. The first-order chi connectivity index (χ1) is 5.88. The number of hydrogen-bond donors (Lipinski definition) is 1. The Morgan fingerprint density at radius 2 is 2.08 bits per heavy atom. The molecule has 0 aliphatic carbocycles. The Hall–Kier alpha value is -0.120. The standard InChI is InChI=1S/C9H18N2O/c1-11-5-4-10-9(11)8-2-6-12-7-3-8/h8-10H,2-7H2,1H3. The Balaban J connectivity index is 1.89. The topological polar surface area (TPSA) is 24.5 Å². The monoisotopic (exact) mass is 170 g/mol. The molecule has 0 bridgehead atoms. The smallest absolute Gasteiger partial charge is 0.0626 e. The minimum absolute atomic E-state index is 0.619. The van der Waals surface area contributed by atoms with Crippen molar-refractivity contribution in [1.82, 2.24) is 10.2 Å². The van der Waals surface area contributed by atoms with Crippen LogP contribution in [0.2, 0.25) is 0 Å². The Morgan fingerprint density at radius 3 is 2.67 bits per heavy atom. The third kappa shape index (κ3) is 1.63. The van der Waals surface area contributed by atoms with Crippen LogP contribution in [0.25, 0.3) is 0 Å². The van der Waals surface area contributed by atoms with Gasteiger partial charge in [0.2, 0.25) is 0 Å². The molecular formula is C9H18N2O. The molecule has 3 heteroatoms. The molecule has 3 nitrogen and oxygen atoms in total. The van der Waals surface area contributed by atoms with Gasteiger partial charge in [-0.25, -0.2) is 0 Å². The number of hydrogen-bond acceptors (Lipinski definition) is 3. The number of rotatable bonds is 1. The molecule has 1 unspecified atom stereocenters. The number of ether oxygens (including phenoxy) is 1. The fourth-order valence-corrected chi connectivity index (χ4v) is 2.24. The van der Waals surface area contributed by atoms with E-state index < -0.39 is 0 Å². The molecular weight excluding hydrogens is 152 g/mol. The molecule has 2 aliphatic heterocycles. The molecule has 0 aromatic carbocycles. The maximum Gasteiger partial charge on any atom is 0.0626 e. The summed E-state index contributed by atoms with van der Waals surface area (Å²) in [5.41, 5.74) is 0. The van der Waals surface area contributed by atoms with E-state index in [1.54, 1.807) is 0 Å². The van der Waals surface area contributed by atoms with E-state index in [-0.39, 0.29) is 0 Å². The van der Waals surface area contributed by atoms with Crippen molar-refractivity contribution in [3.8, 4) is 0 Å². The second-order valence-corrected chi connectivity index (χ2v) is 3.83. The molecule has 1 N–H and O–H groups in total. The number of nitrogens with one attached hydrogen (secondary N) is 1. The number of nitrogens with zero attached hydrogens (tertiary/aromatic N) is 1. The second-order valence-electron chi connectivity index (χ2n) is 3.83. The average Bonchev–Trinajstić information content (AvgIpc) is 2.53. The van der Waals surface area contributed by atoms with Gasteiger partial charge in [-0.15, -0.1) is 0 Å². The Kier molecular flexibility index (Phi) is 2.63. The van der Waals surface area contributed by atoms with E-state index in [1.807, 2.05) is 0 Å². The van der Waals surface area contributed by atoms with Gasteiger partial charge in [0.1, 0.15) is 0 Å². The van der Waals surface area contributed by atoms with E-state index in [2.05, 4.69) is 17.3 Å². The molecule has 2 saturated heterocycles. The van der Waals surface area contributed by atoms with Crippen LogP contribution < -0.4 is 5.32 Å². The highest BCUT2D eigenvalue weighted by atomic mass is 16.5. The van der Waals surface area contributed by atoms with Gasteiger partial charge in [-0.1, -0.05) is 0 Å². The van der Waals surface area contributed by atoms with Crippen molar-refractivity contribution >= 4 is 0 Å². The van der Waals surface area contributed by atoms with Crippen LogP contribution in [0.1, 0.15) is 12.8 Å². The van der Waals surface area contributed by atoms with Crippen molar-refractivity contribution in [1.29, 1.82) is 0 Å². The van der Waals surface area contributed by atoms with Crippen molar-refractivity contribution in [2.45, 2.75) is 19.0 Å². The SMILES string of the molecule is CN1CCNC1C1CCOCC1. The normalized spacial score (nSPS) is 34.2. The summed E-state index contributed by atoms with van der Waals surface area (Å²) in [7, 11) is 2.21. The minimum atomic E-state index is 0.619. The summed E-state index contributed by atoms with van der Waals surface area (Å²) < 4.78 is 5.35. The summed E-state index contributed by atoms with van der Waals surface area (Å²) >= 11 is 0. The van der Waals surface area contributed by atoms with E-state index in [1.165, 1.54) is 19.4 Å². The molecule has 1 atom stereocenters. The maximum atomic E-state index is 5.35. The van der Waals surface area contributed by atoms with E-state index in [0.717, 1.165) is 25.7 Å². The molecule has 0 spiro atoms. The fraction of sp³-hybridized carbons (Fsp3) is 1.00. The summed E-state index contributed by atoms with van der Waals surface area (Å²) in [6.45, 7) is 4.26. The lowest BCUT2D eigenvalue weighted by Gasteiger charge is -2.31. The minimum Gasteiger partial charge on any atom is -0.381 e. The van der Waals surface area contributed by atoms with Crippen molar-refractivity contribution in [3.63, 3.8) is 0 Å². The highest BCUT2D eigenvalue weighted by Crippen LogP contribution is 2.22. The summed E-state index contributed by atoms with van der Waals surface area (Å²) in [6, 6.07) is 0. The summed E-state index contributed by atoms with van der Waals surface area (Å²) in [4.78, 5) is 2.43. The van der Waals surface area contributed by atoms with Crippen LogP contribution in [0.5, 0.6) is 0 Å². The van der Waals surface area contributed by atoms with Gasteiger partial charge in [0.25, 0.3) is 0 Å². The quantitative estimate of drug-likeness (QED) is 0.611. The summed E-state index contributed by atoms with van der Waals surface area (Å²) in [5.74, 6) is 0.811. The fourth-order valence-electron chi connectivity index (χ4n) is 2.24. The first-order valence-corrected chi connectivity index (χ1v) is 4.89. The molecule has 70 valence electrons. The first-order valence-electron chi connectivity index (χ1n) is 4.89. The third-order valence-corrected chi connectivity index (χ3v) is 3.01. The van der Waals surface area contributed by atoms with Crippen LogP contribution in [0.3, 0.4) is 0 Å². The average molecular weight is 170 g/mol. The summed E-state index contributed by atoms with van der Waals surface area (Å²) in [5, 5.41) is 3.55. The van der Waals surface area contributed by atoms with E-state index in [0.29, 0.717) is 6.17 Å². The first kappa shape index (κ1) is 8.48. The van der Waals surface area contributed by atoms with Crippen LogP contribution in [-0.4, -0.2) is 44.4 Å². The Bertz CT molecular complexity index is 145. The van der Waals surface area contributed by atoms with Crippen molar-refractivity contribution in [2.24, 2.45) is 5.92 Å². The van der Waals surface area contributed by atoms with Gasteiger partial charge < -0.3 is 10.1 Å². The van der Waals surface area contributed by atoms with Crippen LogP contribution in [0.4, 0.5) is 0 Å². The lowest BCUT2D eigenvalue weighted by Crippen LogP contribution is -2.42. The van der Waals surface area contributed by atoms with Crippen LogP contribution in [0, 0.1) is 5.92 Å². The van der Waals surface area contributed by atoms with E-state index >= 15 is 0 Å². The van der Waals surface area contributed by atoms with Gasteiger partial charge >= 0.3 is 0 Å². The molecule has 2 fully saturated rings. The zero-order chi connectivity index (χ0) is 8.39. The van der Waals surface area contributed by atoms with Crippen molar-refractivity contribution in [2.75, 3.05) is 33.4 Å². The van der Waals surface area contributed by atoms with E-state index in [4.69, 9.17) is 4.74 Å². The van der Waals surface area contributed by atoms with Crippen LogP contribution in [-0.2, 0) is 4.74 Å². The molecule has 2 rings (SSSR count). The molecule has 0 amide bonds. The van der Waals surface area contributed by atoms with Gasteiger partial charge in [0.05, 0.1) is 6.17 Å². The maximum absolute atomic E-state index is 5.35. The highest BCUT2D eigenvalue weighted by Gasteiger charge is 2.29.